The number of carbonyl (C=O) groups excluding carboxylic acids is 1. The van der Waals surface area contributed by atoms with Crippen molar-refractivity contribution in [2.45, 2.75) is 46.1 Å². The molecule has 5 nitrogen and oxygen atoms in total. The van der Waals surface area contributed by atoms with Gasteiger partial charge >= 0.3 is 0 Å². The molecule has 31 heavy (non-hydrogen) atoms. The molecule has 0 spiro atoms. The van der Waals surface area contributed by atoms with Crippen molar-refractivity contribution in [3.63, 3.8) is 0 Å². The van der Waals surface area contributed by atoms with Gasteiger partial charge in [0.15, 0.2) is 0 Å². The maximum Gasteiger partial charge on any atom is 0.227 e. The molecule has 0 N–H and O–H groups in total. The molecule has 1 saturated carbocycles. The van der Waals surface area contributed by atoms with Crippen molar-refractivity contribution in [2.75, 3.05) is 6.54 Å². The molecule has 0 unspecified atom stereocenters. The number of aryl methyl sites for hydroxylation is 1. The molecule has 162 valence electrons. The first-order valence-corrected chi connectivity index (χ1v) is 11.0. The highest BCUT2D eigenvalue weighted by Gasteiger charge is 2.29. The average Bonchev–Trinajstić information content (AvgIpc) is 3.56. The van der Waals surface area contributed by atoms with E-state index in [-0.39, 0.29) is 11.7 Å². The summed E-state index contributed by atoms with van der Waals surface area (Å²) in [5.41, 5.74) is 2.49. The number of para-hydroxylation sites is 1. The van der Waals surface area contributed by atoms with Crippen LogP contribution >= 0.6 is 0 Å². The Hall–Kier alpha value is -3.15. The lowest BCUT2D eigenvalue weighted by molar-refractivity contribution is -0.131. The highest BCUT2D eigenvalue weighted by Crippen LogP contribution is 2.34. The van der Waals surface area contributed by atoms with Gasteiger partial charge in [-0.1, -0.05) is 32.0 Å². The van der Waals surface area contributed by atoms with Gasteiger partial charge in [-0.3, -0.25) is 4.79 Å². The molecule has 1 amide bonds. The lowest BCUT2D eigenvalue weighted by Crippen LogP contribution is -2.32. The smallest absolute Gasteiger partial charge is 0.227 e. The lowest BCUT2D eigenvalue weighted by atomic mass is 10.1. The van der Waals surface area contributed by atoms with E-state index in [2.05, 4.69) is 0 Å². The molecule has 6 heteroatoms. The van der Waals surface area contributed by atoms with Crippen molar-refractivity contribution in [1.29, 1.82) is 0 Å². The number of nitrogens with zero attached hydrogens (tertiary/aromatic N) is 3. The van der Waals surface area contributed by atoms with E-state index in [1.807, 2.05) is 49.1 Å². The topological polar surface area (TPSA) is 47.4 Å². The van der Waals surface area contributed by atoms with Crippen molar-refractivity contribution in [3.05, 3.63) is 71.7 Å². The third-order valence-corrected chi connectivity index (χ3v) is 5.56. The van der Waals surface area contributed by atoms with Crippen LogP contribution in [0.2, 0.25) is 0 Å². The van der Waals surface area contributed by atoms with Crippen molar-refractivity contribution in [3.8, 4) is 17.3 Å². The Labute approximate surface area is 182 Å². The van der Waals surface area contributed by atoms with Gasteiger partial charge < -0.3 is 9.64 Å². The fraction of sp³-hybridized carbons (Fsp3) is 0.360. The summed E-state index contributed by atoms with van der Waals surface area (Å²) in [5.74, 6) is 1.67. The Morgan fingerprint density at radius 3 is 2.45 bits per heavy atom. The minimum Gasteiger partial charge on any atom is -0.439 e. The number of hydrogen-bond donors (Lipinski definition) is 0. The number of rotatable bonds is 9. The SMILES string of the molecule is CCC(=O)N(Cc1c(CC)nn(-c2ccc(F)cc2)c1Oc1ccccc1)CC1CC1. The Bertz CT molecular complexity index is 1030. The van der Waals surface area contributed by atoms with E-state index in [4.69, 9.17) is 9.84 Å². The molecule has 1 fully saturated rings. The summed E-state index contributed by atoms with van der Waals surface area (Å²) in [7, 11) is 0. The van der Waals surface area contributed by atoms with Crippen LogP contribution in [0.15, 0.2) is 54.6 Å². The van der Waals surface area contributed by atoms with Gasteiger partial charge in [0.05, 0.1) is 23.5 Å². The van der Waals surface area contributed by atoms with Gasteiger partial charge in [-0.15, -0.1) is 0 Å². The summed E-state index contributed by atoms with van der Waals surface area (Å²) in [6, 6.07) is 15.7. The highest BCUT2D eigenvalue weighted by molar-refractivity contribution is 5.76. The first kappa shape index (κ1) is 21.1. The summed E-state index contributed by atoms with van der Waals surface area (Å²) >= 11 is 0. The normalized spacial score (nSPS) is 13.3. The second kappa shape index (κ2) is 9.33. The van der Waals surface area contributed by atoms with Gasteiger partial charge in [-0.25, -0.2) is 9.07 Å². The largest absolute Gasteiger partial charge is 0.439 e. The first-order valence-electron chi connectivity index (χ1n) is 11.0. The zero-order chi connectivity index (χ0) is 21.8. The molecule has 1 aliphatic carbocycles. The molecule has 1 aliphatic rings. The summed E-state index contributed by atoms with van der Waals surface area (Å²) in [5, 5.41) is 4.79. The molecule has 1 aromatic heterocycles. The third kappa shape index (κ3) is 4.95. The quantitative estimate of drug-likeness (QED) is 0.457. The summed E-state index contributed by atoms with van der Waals surface area (Å²) in [6.07, 6.45) is 3.52. The number of ether oxygens (including phenoxy) is 1. The average molecular weight is 422 g/mol. The number of carbonyl (C=O) groups is 1. The number of aromatic nitrogens is 2. The molecule has 0 atom stereocenters. The van der Waals surface area contributed by atoms with Gasteiger partial charge in [-0.2, -0.15) is 5.10 Å². The number of hydrogen-bond acceptors (Lipinski definition) is 3. The third-order valence-electron chi connectivity index (χ3n) is 5.56. The fourth-order valence-corrected chi connectivity index (χ4v) is 3.66. The maximum atomic E-state index is 13.5. The highest BCUT2D eigenvalue weighted by atomic mass is 19.1. The van der Waals surface area contributed by atoms with Gasteiger partial charge in [0.25, 0.3) is 0 Å². The van der Waals surface area contributed by atoms with E-state index in [1.165, 1.54) is 25.0 Å². The Balaban J connectivity index is 1.77. The van der Waals surface area contributed by atoms with Crippen LogP contribution in [-0.2, 0) is 17.8 Å². The molecule has 1 heterocycles. The molecule has 0 aliphatic heterocycles. The second-order valence-corrected chi connectivity index (χ2v) is 7.96. The predicted molar refractivity (Wildman–Crippen MR) is 118 cm³/mol. The van der Waals surface area contributed by atoms with Crippen LogP contribution < -0.4 is 4.74 Å². The molecule has 3 aromatic rings. The molecule has 0 saturated heterocycles. The standard InChI is InChI=1S/C25H28FN3O2/c1-3-23-22(17-28(24(30)4-2)16-18-10-11-18)25(31-21-8-6-5-7-9-21)29(27-23)20-14-12-19(26)13-15-20/h5-9,12-15,18H,3-4,10-11,16-17H2,1-2H3. The summed E-state index contributed by atoms with van der Waals surface area (Å²) < 4.78 is 21.5. The second-order valence-electron chi connectivity index (χ2n) is 7.96. The lowest BCUT2D eigenvalue weighted by Gasteiger charge is -2.23. The van der Waals surface area contributed by atoms with Crippen molar-refractivity contribution in [2.24, 2.45) is 5.92 Å². The van der Waals surface area contributed by atoms with Crippen LogP contribution in [0, 0.1) is 11.7 Å². The van der Waals surface area contributed by atoms with E-state index < -0.39 is 0 Å². The van der Waals surface area contributed by atoms with Gasteiger partial charge in [0.1, 0.15) is 11.6 Å². The van der Waals surface area contributed by atoms with Gasteiger partial charge in [0.2, 0.25) is 11.8 Å². The van der Waals surface area contributed by atoms with Crippen LogP contribution in [0.25, 0.3) is 5.69 Å². The van der Waals surface area contributed by atoms with Crippen molar-refractivity contribution < 1.29 is 13.9 Å². The van der Waals surface area contributed by atoms with E-state index in [9.17, 15) is 9.18 Å². The first-order chi connectivity index (χ1) is 15.1. The van der Waals surface area contributed by atoms with Crippen LogP contribution in [0.4, 0.5) is 4.39 Å². The van der Waals surface area contributed by atoms with E-state index >= 15 is 0 Å². The Morgan fingerprint density at radius 2 is 1.84 bits per heavy atom. The Kier molecular flexibility index (Phi) is 6.35. The van der Waals surface area contributed by atoms with Crippen molar-refractivity contribution in [1.82, 2.24) is 14.7 Å². The number of halogens is 1. The van der Waals surface area contributed by atoms with Crippen molar-refractivity contribution >= 4 is 5.91 Å². The molecular weight excluding hydrogens is 393 g/mol. The molecular formula is C25H28FN3O2. The van der Waals surface area contributed by atoms with Gasteiger partial charge in [-0.05, 0) is 61.6 Å². The monoisotopic (exact) mass is 421 g/mol. The van der Waals surface area contributed by atoms with E-state index in [0.29, 0.717) is 42.6 Å². The van der Waals surface area contributed by atoms with Crippen LogP contribution in [0.5, 0.6) is 11.6 Å². The Morgan fingerprint density at radius 1 is 1.13 bits per heavy atom. The minimum atomic E-state index is -0.304. The van der Waals surface area contributed by atoms with Crippen LogP contribution in [0.3, 0.4) is 0 Å². The maximum absolute atomic E-state index is 13.5. The van der Waals surface area contributed by atoms with E-state index in [0.717, 1.165) is 17.8 Å². The zero-order valence-electron chi connectivity index (χ0n) is 18.1. The minimum absolute atomic E-state index is 0.133. The van der Waals surface area contributed by atoms with Crippen LogP contribution in [-0.4, -0.2) is 27.1 Å². The van der Waals surface area contributed by atoms with Crippen LogP contribution in [0.1, 0.15) is 44.4 Å². The fourth-order valence-electron chi connectivity index (χ4n) is 3.66. The summed E-state index contributed by atoms with van der Waals surface area (Å²) in [4.78, 5) is 14.6. The van der Waals surface area contributed by atoms with E-state index in [1.54, 1.807) is 16.8 Å². The summed E-state index contributed by atoms with van der Waals surface area (Å²) in [6.45, 7) is 5.16. The zero-order valence-corrected chi connectivity index (χ0v) is 18.1. The number of benzene rings is 2. The predicted octanol–water partition coefficient (Wildman–Crippen LogP) is 5.51. The molecule has 0 bridgehead atoms. The molecule has 4 rings (SSSR count). The molecule has 2 aromatic carbocycles. The number of amides is 1. The molecule has 0 radical (unpaired) electrons. The van der Waals surface area contributed by atoms with Gasteiger partial charge in [0, 0.05) is 13.0 Å².